The molecule has 3 rings (SSSR count). The molecule has 1 aromatic carbocycles. The molecule has 1 saturated carbocycles. The molecule has 0 spiro atoms. The van der Waals surface area contributed by atoms with Crippen LogP contribution in [-0.2, 0) is 11.7 Å². The average molecular weight is 267 g/mol. The van der Waals surface area contributed by atoms with Gasteiger partial charge in [0.1, 0.15) is 5.82 Å². The fourth-order valence-corrected chi connectivity index (χ4v) is 2.05. The molecule has 1 aliphatic carbocycles. The third-order valence-corrected chi connectivity index (χ3v) is 3.45. The molecule has 3 nitrogen and oxygen atoms in total. The number of nitrogens with zero attached hydrogens (tertiary/aromatic N) is 2. The van der Waals surface area contributed by atoms with E-state index < -0.39 is 17.3 Å². The van der Waals surface area contributed by atoms with Crippen LogP contribution in [0.3, 0.4) is 0 Å². The van der Waals surface area contributed by atoms with Crippen LogP contribution < -0.4 is 5.73 Å². The number of hydrogen-bond donors (Lipinski definition) is 1. The van der Waals surface area contributed by atoms with Crippen molar-refractivity contribution in [2.75, 3.05) is 0 Å². The van der Waals surface area contributed by atoms with E-state index in [0.29, 0.717) is 22.4 Å². The molecule has 0 atom stereocenters. The van der Waals surface area contributed by atoms with Gasteiger partial charge in [0.2, 0.25) is 0 Å². The molecule has 1 heterocycles. The van der Waals surface area contributed by atoms with Gasteiger partial charge in [-0.3, -0.25) is 0 Å². The highest BCUT2D eigenvalue weighted by Gasteiger charge is 2.43. The maximum atomic E-state index is 12.7. The number of hydrogen-bond acceptors (Lipinski definition) is 3. The first kappa shape index (κ1) is 12.3. The molecule has 6 heteroatoms. The second-order valence-corrected chi connectivity index (χ2v) is 5.02. The Morgan fingerprint density at radius 2 is 1.89 bits per heavy atom. The van der Waals surface area contributed by atoms with Gasteiger partial charge in [0.15, 0.2) is 0 Å². The van der Waals surface area contributed by atoms with E-state index in [1.165, 1.54) is 6.07 Å². The van der Waals surface area contributed by atoms with Crippen molar-refractivity contribution in [3.05, 3.63) is 35.3 Å². The van der Waals surface area contributed by atoms with Gasteiger partial charge in [-0.15, -0.1) is 0 Å². The molecule has 2 aromatic rings. The summed E-state index contributed by atoms with van der Waals surface area (Å²) in [4.78, 5) is 8.52. The highest BCUT2D eigenvalue weighted by atomic mass is 19.4. The lowest BCUT2D eigenvalue weighted by Gasteiger charge is -2.12. The Kier molecular flexibility index (Phi) is 2.38. The van der Waals surface area contributed by atoms with Crippen LogP contribution in [-0.4, -0.2) is 9.97 Å². The van der Waals surface area contributed by atoms with Crippen LogP contribution in [0, 0.1) is 6.92 Å². The van der Waals surface area contributed by atoms with Crippen molar-refractivity contribution in [1.82, 2.24) is 9.97 Å². The van der Waals surface area contributed by atoms with Crippen molar-refractivity contribution in [3.8, 4) is 0 Å². The molecule has 19 heavy (non-hydrogen) atoms. The van der Waals surface area contributed by atoms with E-state index in [1.807, 2.05) is 0 Å². The first-order valence-electron chi connectivity index (χ1n) is 5.95. The Labute approximate surface area is 107 Å². The zero-order chi connectivity index (χ0) is 13.8. The summed E-state index contributed by atoms with van der Waals surface area (Å²) in [7, 11) is 0. The van der Waals surface area contributed by atoms with Gasteiger partial charge in [-0.05, 0) is 31.9 Å². The molecule has 0 amide bonds. The Balaban J connectivity index is 2.21. The van der Waals surface area contributed by atoms with E-state index >= 15 is 0 Å². The molecule has 100 valence electrons. The third kappa shape index (κ3) is 2.06. The summed E-state index contributed by atoms with van der Waals surface area (Å²) in [5, 5.41) is 0.626. The van der Waals surface area contributed by atoms with E-state index in [0.717, 1.165) is 25.0 Å². The van der Waals surface area contributed by atoms with Gasteiger partial charge in [-0.2, -0.15) is 13.2 Å². The maximum Gasteiger partial charge on any atom is 0.416 e. The molecule has 1 aliphatic rings. The first-order chi connectivity index (χ1) is 8.79. The van der Waals surface area contributed by atoms with Crippen molar-refractivity contribution >= 4 is 10.9 Å². The Morgan fingerprint density at radius 3 is 2.47 bits per heavy atom. The van der Waals surface area contributed by atoms with Gasteiger partial charge in [-0.1, -0.05) is 6.07 Å². The Morgan fingerprint density at radius 1 is 1.21 bits per heavy atom. The summed E-state index contributed by atoms with van der Waals surface area (Å²) in [5.41, 5.74) is 5.71. The molecule has 0 saturated heterocycles. The van der Waals surface area contributed by atoms with E-state index in [4.69, 9.17) is 5.73 Å². The second-order valence-electron chi connectivity index (χ2n) is 5.02. The van der Waals surface area contributed by atoms with E-state index in [1.54, 1.807) is 6.92 Å². The monoisotopic (exact) mass is 267 g/mol. The average Bonchev–Trinajstić information content (AvgIpc) is 3.07. The number of nitrogens with two attached hydrogens (primary N) is 1. The number of rotatable bonds is 1. The van der Waals surface area contributed by atoms with E-state index in [9.17, 15) is 13.2 Å². The summed E-state index contributed by atoms with van der Waals surface area (Å²) in [6, 6.07) is 3.51. The summed E-state index contributed by atoms with van der Waals surface area (Å²) < 4.78 is 38.1. The lowest BCUT2D eigenvalue weighted by atomic mass is 10.1. The largest absolute Gasteiger partial charge is 0.416 e. The second kappa shape index (κ2) is 3.66. The highest BCUT2D eigenvalue weighted by Crippen LogP contribution is 2.41. The first-order valence-corrected chi connectivity index (χ1v) is 5.95. The van der Waals surface area contributed by atoms with Gasteiger partial charge in [0.25, 0.3) is 0 Å². The van der Waals surface area contributed by atoms with Crippen LogP contribution in [0.25, 0.3) is 10.9 Å². The van der Waals surface area contributed by atoms with Crippen LogP contribution in [0.5, 0.6) is 0 Å². The van der Waals surface area contributed by atoms with Crippen molar-refractivity contribution in [2.24, 2.45) is 5.73 Å². The lowest BCUT2D eigenvalue weighted by Crippen LogP contribution is -2.22. The highest BCUT2D eigenvalue weighted by molar-refractivity contribution is 5.81. The number of benzene rings is 1. The van der Waals surface area contributed by atoms with Crippen LogP contribution in [0.2, 0.25) is 0 Å². The van der Waals surface area contributed by atoms with Gasteiger partial charge in [0, 0.05) is 11.1 Å². The summed E-state index contributed by atoms with van der Waals surface area (Å²) >= 11 is 0. The van der Waals surface area contributed by atoms with Crippen LogP contribution in [0.4, 0.5) is 13.2 Å². The molecular formula is C13H12F3N3. The lowest BCUT2D eigenvalue weighted by molar-refractivity contribution is -0.137. The Bertz CT molecular complexity index is 655. The number of halogens is 3. The van der Waals surface area contributed by atoms with Gasteiger partial charge in [-0.25, -0.2) is 9.97 Å². The minimum Gasteiger partial charge on any atom is -0.319 e. The normalized spacial score (nSPS) is 17.7. The topological polar surface area (TPSA) is 51.8 Å². The van der Waals surface area contributed by atoms with E-state index in [2.05, 4.69) is 9.97 Å². The predicted molar refractivity (Wildman–Crippen MR) is 64.4 cm³/mol. The minimum absolute atomic E-state index is 0.300. The fourth-order valence-electron chi connectivity index (χ4n) is 2.05. The fraction of sp³-hybridized carbons (Fsp3) is 0.385. The molecule has 0 aliphatic heterocycles. The number of alkyl halides is 3. The van der Waals surface area contributed by atoms with E-state index in [-0.39, 0.29) is 0 Å². The van der Waals surface area contributed by atoms with Crippen molar-refractivity contribution in [2.45, 2.75) is 31.5 Å². The summed E-state index contributed by atoms with van der Waals surface area (Å²) in [6.45, 7) is 1.76. The zero-order valence-corrected chi connectivity index (χ0v) is 10.3. The predicted octanol–water partition coefficient (Wildman–Crippen LogP) is 2.90. The van der Waals surface area contributed by atoms with Gasteiger partial charge in [0.05, 0.1) is 16.6 Å². The molecular weight excluding hydrogens is 255 g/mol. The molecule has 0 unspecified atom stereocenters. The smallest absolute Gasteiger partial charge is 0.319 e. The summed E-state index contributed by atoms with van der Waals surface area (Å²) in [5.74, 6) is 0.442. The van der Waals surface area contributed by atoms with Crippen molar-refractivity contribution in [1.29, 1.82) is 0 Å². The quantitative estimate of drug-likeness (QED) is 0.864. The van der Waals surface area contributed by atoms with Gasteiger partial charge >= 0.3 is 6.18 Å². The molecule has 0 bridgehead atoms. The van der Waals surface area contributed by atoms with Crippen molar-refractivity contribution < 1.29 is 13.2 Å². The summed E-state index contributed by atoms with van der Waals surface area (Å²) in [6.07, 6.45) is -2.82. The van der Waals surface area contributed by atoms with Crippen LogP contribution in [0.15, 0.2) is 18.2 Å². The standard InChI is InChI=1S/C13H12F3N3/c1-7-9-3-2-8(13(14,15)16)6-10(9)19-11(18-7)12(17)4-5-12/h2-3,6H,4-5,17H2,1H3. The Hall–Kier alpha value is -1.69. The molecule has 1 fully saturated rings. The van der Waals surface area contributed by atoms with Crippen LogP contribution >= 0.6 is 0 Å². The third-order valence-electron chi connectivity index (χ3n) is 3.45. The molecule has 1 aromatic heterocycles. The number of aromatic nitrogens is 2. The number of aryl methyl sites for hydroxylation is 1. The maximum absolute atomic E-state index is 12.7. The van der Waals surface area contributed by atoms with Crippen molar-refractivity contribution in [3.63, 3.8) is 0 Å². The van der Waals surface area contributed by atoms with Gasteiger partial charge < -0.3 is 5.73 Å². The minimum atomic E-state index is -4.37. The molecule has 2 N–H and O–H groups in total. The SMILES string of the molecule is Cc1nc(C2(N)CC2)nc2cc(C(F)(F)F)ccc12. The van der Waals surface area contributed by atoms with Crippen LogP contribution in [0.1, 0.15) is 29.9 Å². The zero-order valence-electron chi connectivity index (χ0n) is 10.3. The molecule has 0 radical (unpaired) electrons. The number of fused-ring (bicyclic) bond motifs is 1.